The highest BCUT2D eigenvalue weighted by Crippen LogP contribution is 2.43. The van der Waals surface area contributed by atoms with Gasteiger partial charge in [0.2, 0.25) is 0 Å². The third-order valence-corrected chi connectivity index (χ3v) is 8.81. The molecule has 0 aromatic rings. The maximum absolute atomic E-state index is 12.2. The molecule has 0 aromatic heterocycles. The number of rotatable bonds is 36. The van der Waals surface area contributed by atoms with E-state index in [1.165, 1.54) is 135 Å². The Morgan fingerprint density at radius 1 is 0.548 bits per heavy atom. The summed E-state index contributed by atoms with van der Waals surface area (Å²) in [6.45, 7) is 6.79. The number of hydrogen-bond donors (Lipinski definition) is 2. The Labute approximate surface area is 261 Å². The predicted molar refractivity (Wildman–Crippen MR) is 178 cm³/mol. The zero-order valence-electron chi connectivity index (χ0n) is 28.2. The number of hydrogen-bond acceptors (Lipinski definition) is 6. The maximum Gasteiger partial charge on any atom is 0.472 e. The average Bonchev–Trinajstić information content (AvgIpc) is 2.98. The van der Waals surface area contributed by atoms with E-state index in [0.717, 1.165) is 19.3 Å². The number of nitrogens with one attached hydrogen (secondary N) is 1. The zero-order valence-corrected chi connectivity index (χ0v) is 29.1. The SMILES string of the molecule is CCCCCCCCCCCCCCOC[C@H](COP(=O)(O)OCCNC)OCCCCCCCCCCCCCC. The van der Waals surface area contributed by atoms with Crippen LogP contribution in [-0.4, -0.2) is 57.6 Å². The Bertz CT molecular complexity index is 568. The van der Waals surface area contributed by atoms with Crippen molar-refractivity contribution in [1.82, 2.24) is 5.32 Å². The van der Waals surface area contributed by atoms with Crippen molar-refractivity contribution in [1.29, 1.82) is 0 Å². The lowest BCUT2D eigenvalue weighted by Crippen LogP contribution is -2.26. The minimum atomic E-state index is -4.10. The molecule has 2 N–H and O–H groups in total. The maximum atomic E-state index is 12.2. The molecular weight excluding hydrogens is 549 g/mol. The molecule has 0 spiro atoms. The first-order chi connectivity index (χ1) is 20.6. The lowest BCUT2D eigenvalue weighted by atomic mass is 10.1. The standard InChI is InChI=1S/C34H72NO6P/c1-4-6-8-10-12-14-16-18-20-22-24-26-29-38-32-34(33-41-42(36,37)40-31-28-35-3)39-30-27-25-23-21-19-17-15-13-11-9-7-5-2/h34-35H,4-33H2,1-3H3,(H,36,37)/t34-/m1/s1. The molecule has 0 saturated heterocycles. The van der Waals surface area contributed by atoms with Crippen LogP contribution in [0.1, 0.15) is 168 Å². The van der Waals surface area contributed by atoms with Gasteiger partial charge in [0, 0.05) is 19.8 Å². The summed E-state index contributed by atoms with van der Waals surface area (Å²) in [5, 5.41) is 2.89. The van der Waals surface area contributed by atoms with E-state index in [9.17, 15) is 9.46 Å². The Morgan fingerprint density at radius 2 is 0.952 bits per heavy atom. The Morgan fingerprint density at radius 3 is 1.38 bits per heavy atom. The highest BCUT2D eigenvalue weighted by molar-refractivity contribution is 7.47. The summed E-state index contributed by atoms with van der Waals surface area (Å²) < 4.78 is 34.3. The molecule has 0 rings (SSSR count). The number of unbranched alkanes of at least 4 members (excludes halogenated alkanes) is 22. The van der Waals surface area contributed by atoms with Crippen LogP contribution in [0.3, 0.4) is 0 Å². The molecule has 0 amide bonds. The first-order valence-electron chi connectivity index (χ1n) is 18.0. The van der Waals surface area contributed by atoms with Gasteiger partial charge in [0.05, 0.1) is 19.8 Å². The average molecular weight is 622 g/mol. The van der Waals surface area contributed by atoms with Crippen LogP contribution < -0.4 is 5.32 Å². The summed E-state index contributed by atoms with van der Waals surface area (Å²) in [4.78, 5) is 9.96. The molecule has 0 saturated carbocycles. The van der Waals surface area contributed by atoms with Crippen molar-refractivity contribution in [2.45, 2.75) is 174 Å². The van der Waals surface area contributed by atoms with Crippen molar-refractivity contribution < 1.29 is 28.0 Å². The van der Waals surface area contributed by atoms with E-state index in [0.29, 0.717) is 26.4 Å². The summed E-state index contributed by atoms with van der Waals surface area (Å²) in [7, 11) is -2.33. The zero-order chi connectivity index (χ0) is 30.8. The van der Waals surface area contributed by atoms with Gasteiger partial charge in [-0.05, 0) is 19.9 Å². The third-order valence-electron chi connectivity index (χ3n) is 7.83. The molecule has 0 fully saturated rings. The molecule has 0 aliphatic carbocycles. The first kappa shape index (κ1) is 42.0. The fourth-order valence-corrected chi connectivity index (χ4v) is 5.83. The fourth-order valence-electron chi connectivity index (χ4n) is 5.07. The van der Waals surface area contributed by atoms with Crippen LogP contribution in [0, 0.1) is 0 Å². The Kier molecular flexibility index (Phi) is 33.9. The van der Waals surface area contributed by atoms with Gasteiger partial charge in [0.1, 0.15) is 6.10 Å². The van der Waals surface area contributed by atoms with Crippen molar-refractivity contribution in [3.63, 3.8) is 0 Å². The third kappa shape index (κ3) is 32.9. The largest absolute Gasteiger partial charge is 0.472 e. The Balaban J connectivity index is 4.00. The molecule has 0 aliphatic rings. The lowest BCUT2D eigenvalue weighted by molar-refractivity contribution is -0.0443. The van der Waals surface area contributed by atoms with Crippen LogP contribution in [0.15, 0.2) is 0 Å². The molecule has 2 atom stereocenters. The molecule has 254 valence electrons. The fraction of sp³-hybridized carbons (Fsp3) is 1.00. The molecule has 0 aliphatic heterocycles. The number of phosphoric ester groups is 1. The van der Waals surface area contributed by atoms with Gasteiger partial charge in [-0.3, -0.25) is 9.05 Å². The quantitative estimate of drug-likeness (QED) is 0.0532. The van der Waals surface area contributed by atoms with Gasteiger partial charge in [0.25, 0.3) is 0 Å². The predicted octanol–water partition coefficient (Wildman–Crippen LogP) is 10.1. The monoisotopic (exact) mass is 622 g/mol. The van der Waals surface area contributed by atoms with Gasteiger partial charge in [-0.15, -0.1) is 0 Å². The first-order valence-corrected chi connectivity index (χ1v) is 19.5. The van der Waals surface area contributed by atoms with Crippen molar-refractivity contribution in [2.75, 3.05) is 46.6 Å². The molecule has 0 aromatic carbocycles. The summed E-state index contributed by atoms with van der Waals surface area (Å²) in [5.41, 5.74) is 0. The normalized spacial score (nSPS) is 13.9. The second kappa shape index (κ2) is 33.9. The summed E-state index contributed by atoms with van der Waals surface area (Å²) in [6.07, 6.45) is 31.0. The van der Waals surface area contributed by atoms with E-state index in [1.54, 1.807) is 7.05 Å². The molecular formula is C34H72NO6P. The molecule has 1 unspecified atom stereocenters. The smallest absolute Gasteiger partial charge is 0.379 e. The summed E-state index contributed by atoms with van der Waals surface area (Å²) in [5.74, 6) is 0. The minimum absolute atomic E-state index is 0.00989. The van der Waals surface area contributed by atoms with Gasteiger partial charge in [-0.1, -0.05) is 155 Å². The van der Waals surface area contributed by atoms with E-state index < -0.39 is 7.82 Å². The van der Waals surface area contributed by atoms with Crippen molar-refractivity contribution in [2.24, 2.45) is 0 Å². The molecule has 0 heterocycles. The number of ether oxygens (including phenoxy) is 2. The molecule has 0 radical (unpaired) electrons. The number of likely N-dealkylation sites (N-methyl/N-ethyl adjacent to an activating group) is 1. The van der Waals surface area contributed by atoms with Crippen LogP contribution in [0.2, 0.25) is 0 Å². The van der Waals surface area contributed by atoms with Crippen molar-refractivity contribution >= 4 is 7.82 Å². The van der Waals surface area contributed by atoms with Gasteiger partial charge >= 0.3 is 7.82 Å². The van der Waals surface area contributed by atoms with Gasteiger partial charge in [-0.25, -0.2) is 4.57 Å². The summed E-state index contributed by atoms with van der Waals surface area (Å²) >= 11 is 0. The van der Waals surface area contributed by atoms with E-state index in [-0.39, 0.29) is 19.3 Å². The van der Waals surface area contributed by atoms with Gasteiger partial charge in [-0.2, -0.15) is 0 Å². The van der Waals surface area contributed by atoms with Crippen LogP contribution in [0.5, 0.6) is 0 Å². The second-order valence-corrected chi connectivity index (χ2v) is 13.5. The highest BCUT2D eigenvalue weighted by atomic mass is 31.2. The van der Waals surface area contributed by atoms with E-state index in [1.807, 2.05) is 0 Å². The van der Waals surface area contributed by atoms with Crippen LogP contribution in [0.25, 0.3) is 0 Å². The van der Waals surface area contributed by atoms with E-state index >= 15 is 0 Å². The second-order valence-electron chi connectivity index (χ2n) is 12.0. The highest BCUT2D eigenvalue weighted by Gasteiger charge is 2.23. The molecule has 8 heteroatoms. The molecule has 0 bridgehead atoms. The van der Waals surface area contributed by atoms with Gasteiger partial charge in [0.15, 0.2) is 0 Å². The van der Waals surface area contributed by atoms with E-state index in [4.69, 9.17) is 18.5 Å². The van der Waals surface area contributed by atoms with Crippen LogP contribution >= 0.6 is 7.82 Å². The minimum Gasteiger partial charge on any atom is -0.379 e. The van der Waals surface area contributed by atoms with Gasteiger partial charge < -0.3 is 19.7 Å². The number of phosphoric acid groups is 1. The van der Waals surface area contributed by atoms with Crippen molar-refractivity contribution in [3.05, 3.63) is 0 Å². The van der Waals surface area contributed by atoms with E-state index in [2.05, 4.69) is 19.2 Å². The topological polar surface area (TPSA) is 86.3 Å². The van der Waals surface area contributed by atoms with Crippen molar-refractivity contribution in [3.8, 4) is 0 Å². The molecule has 42 heavy (non-hydrogen) atoms. The van der Waals surface area contributed by atoms with Crippen LogP contribution in [-0.2, 0) is 23.1 Å². The molecule has 7 nitrogen and oxygen atoms in total. The Hall–Kier alpha value is -0.0100. The van der Waals surface area contributed by atoms with Crippen LogP contribution in [0.4, 0.5) is 0 Å². The summed E-state index contributed by atoms with van der Waals surface area (Å²) in [6, 6.07) is 0. The lowest BCUT2D eigenvalue weighted by Gasteiger charge is -2.20.